The van der Waals surface area contributed by atoms with E-state index in [1.54, 1.807) is 7.05 Å². The predicted octanol–water partition coefficient (Wildman–Crippen LogP) is -0.218. The molecule has 0 spiro atoms. The van der Waals surface area contributed by atoms with Gasteiger partial charge in [0.2, 0.25) is 0 Å². The third-order valence-corrected chi connectivity index (χ3v) is 0.469. The molecule has 0 aromatic rings. The molecule has 0 saturated carbocycles. The molecule has 0 amide bonds. The molecule has 3 N–H and O–H groups in total. The summed E-state index contributed by atoms with van der Waals surface area (Å²) in [6, 6.07) is 0. The van der Waals surface area contributed by atoms with Gasteiger partial charge in [0.25, 0.3) is 0 Å². The highest BCUT2D eigenvalue weighted by Gasteiger charge is 1.77. The van der Waals surface area contributed by atoms with Gasteiger partial charge in [-0.15, -0.1) is 0 Å². The molecule has 3 nitrogen and oxygen atoms in total. The normalized spacial score (nSPS) is 8.14. The lowest BCUT2D eigenvalue weighted by Gasteiger charge is -1.98. The van der Waals surface area contributed by atoms with Crippen molar-refractivity contribution < 1.29 is 5.11 Å². The Morgan fingerprint density at radius 2 is 2.43 bits per heavy atom. The van der Waals surface area contributed by atoms with Crippen molar-refractivity contribution in [2.24, 2.45) is 0 Å². The van der Waals surface area contributed by atoms with Gasteiger partial charge in [-0.3, -0.25) is 0 Å². The van der Waals surface area contributed by atoms with Crippen LogP contribution in [-0.4, -0.2) is 18.8 Å². The molecule has 0 aromatic heterocycles. The summed E-state index contributed by atoms with van der Waals surface area (Å²) in [4.78, 5) is 0. The van der Waals surface area contributed by atoms with Gasteiger partial charge in [0.1, 0.15) is 0 Å². The predicted molar refractivity (Wildman–Crippen MR) is 28.8 cm³/mol. The van der Waals surface area contributed by atoms with Gasteiger partial charge >= 0.3 is 0 Å². The standard InChI is InChI=1S/C4H10N2O/c1-4(7)6-3-5-2/h5-7H,1,3H2,2H3. The number of hydrogen-bond acceptors (Lipinski definition) is 3. The van der Waals surface area contributed by atoms with Crippen molar-refractivity contribution in [2.45, 2.75) is 0 Å². The van der Waals surface area contributed by atoms with Crippen LogP contribution < -0.4 is 10.6 Å². The Kier molecular flexibility index (Phi) is 3.14. The van der Waals surface area contributed by atoms with E-state index in [4.69, 9.17) is 5.11 Å². The number of aliphatic hydroxyl groups is 1. The van der Waals surface area contributed by atoms with Gasteiger partial charge in [-0.2, -0.15) is 0 Å². The zero-order valence-corrected chi connectivity index (χ0v) is 4.36. The maximum absolute atomic E-state index is 8.34. The highest BCUT2D eigenvalue weighted by molar-refractivity contribution is 4.72. The van der Waals surface area contributed by atoms with E-state index in [-0.39, 0.29) is 5.88 Å². The number of hydrogen-bond donors (Lipinski definition) is 3. The molecular weight excluding hydrogens is 92.1 g/mol. The van der Waals surface area contributed by atoms with Gasteiger partial charge in [-0.05, 0) is 13.6 Å². The third-order valence-electron chi connectivity index (χ3n) is 0.469. The van der Waals surface area contributed by atoms with Gasteiger partial charge in [0.15, 0.2) is 5.88 Å². The summed E-state index contributed by atoms with van der Waals surface area (Å²) in [5.41, 5.74) is 0. The average molecular weight is 102 g/mol. The molecule has 0 aliphatic carbocycles. The fourth-order valence-corrected chi connectivity index (χ4v) is 0.190. The molecule has 0 heterocycles. The van der Waals surface area contributed by atoms with Crippen LogP contribution in [0.25, 0.3) is 0 Å². The number of rotatable bonds is 3. The fraction of sp³-hybridized carbons (Fsp3) is 0.500. The van der Waals surface area contributed by atoms with Gasteiger partial charge in [0.05, 0.1) is 6.67 Å². The molecule has 42 valence electrons. The van der Waals surface area contributed by atoms with Crippen molar-refractivity contribution in [2.75, 3.05) is 13.7 Å². The first-order valence-electron chi connectivity index (χ1n) is 2.03. The molecule has 0 fully saturated rings. The van der Waals surface area contributed by atoms with Crippen LogP contribution in [0.1, 0.15) is 0 Å². The van der Waals surface area contributed by atoms with Crippen LogP contribution >= 0.6 is 0 Å². The number of nitrogens with one attached hydrogen (secondary N) is 2. The van der Waals surface area contributed by atoms with E-state index in [1.165, 1.54) is 0 Å². The third kappa shape index (κ3) is 5.30. The Balaban J connectivity index is 2.82. The Morgan fingerprint density at radius 1 is 1.86 bits per heavy atom. The van der Waals surface area contributed by atoms with E-state index in [0.717, 1.165) is 0 Å². The zero-order valence-electron chi connectivity index (χ0n) is 4.36. The minimum absolute atomic E-state index is 0.00523. The van der Waals surface area contributed by atoms with Crippen LogP contribution in [0.5, 0.6) is 0 Å². The van der Waals surface area contributed by atoms with Crippen LogP contribution in [0.3, 0.4) is 0 Å². The first-order valence-corrected chi connectivity index (χ1v) is 2.03. The van der Waals surface area contributed by atoms with Crippen molar-refractivity contribution in [1.29, 1.82) is 0 Å². The van der Waals surface area contributed by atoms with Gasteiger partial charge < -0.3 is 15.7 Å². The summed E-state index contributed by atoms with van der Waals surface area (Å²) in [5, 5.41) is 13.7. The molecule has 0 rings (SSSR count). The molecular formula is C4H10N2O. The van der Waals surface area contributed by atoms with Crippen molar-refractivity contribution >= 4 is 0 Å². The summed E-state index contributed by atoms with van der Waals surface area (Å²) < 4.78 is 0. The van der Waals surface area contributed by atoms with Crippen LogP contribution in [0, 0.1) is 0 Å². The SMILES string of the molecule is C=C(O)NCNC. The second-order valence-electron chi connectivity index (χ2n) is 1.15. The Hall–Kier alpha value is -0.700. The fourth-order valence-electron chi connectivity index (χ4n) is 0.190. The molecule has 0 aliphatic heterocycles. The summed E-state index contributed by atoms with van der Waals surface area (Å²) in [5.74, 6) is -0.00523. The smallest absolute Gasteiger partial charge is 0.177 e. The van der Waals surface area contributed by atoms with E-state index in [0.29, 0.717) is 6.67 Å². The van der Waals surface area contributed by atoms with Crippen LogP contribution in [0.2, 0.25) is 0 Å². The maximum atomic E-state index is 8.34. The van der Waals surface area contributed by atoms with E-state index < -0.39 is 0 Å². The van der Waals surface area contributed by atoms with Crippen molar-refractivity contribution in [1.82, 2.24) is 10.6 Å². The minimum Gasteiger partial charge on any atom is -0.495 e. The zero-order chi connectivity index (χ0) is 5.70. The topological polar surface area (TPSA) is 44.3 Å². The van der Waals surface area contributed by atoms with E-state index in [9.17, 15) is 0 Å². The molecule has 0 aromatic carbocycles. The summed E-state index contributed by atoms with van der Waals surface area (Å²) in [7, 11) is 1.77. The molecule has 0 saturated heterocycles. The molecule has 0 atom stereocenters. The van der Waals surface area contributed by atoms with Crippen molar-refractivity contribution in [3.05, 3.63) is 12.5 Å². The number of aliphatic hydroxyl groups excluding tert-OH is 1. The Labute approximate surface area is 43.0 Å². The molecule has 0 unspecified atom stereocenters. The molecule has 0 aliphatic rings. The molecule has 0 bridgehead atoms. The molecule has 0 radical (unpaired) electrons. The summed E-state index contributed by atoms with van der Waals surface area (Å²) in [6.07, 6.45) is 0. The lowest BCUT2D eigenvalue weighted by molar-refractivity contribution is 0.363. The first-order chi connectivity index (χ1) is 3.27. The van der Waals surface area contributed by atoms with Gasteiger partial charge in [-0.1, -0.05) is 0 Å². The highest BCUT2D eigenvalue weighted by atomic mass is 16.3. The second kappa shape index (κ2) is 3.49. The Morgan fingerprint density at radius 3 is 2.57 bits per heavy atom. The maximum Gasteiger partial charge on any atom is 0.177 e. The average Bonchev–Trinajstić information content (AvgIpc) is 1.61. The summed E-state index contributed by atoms with van der Waals surface area (Å²) >= 11 is 0. The lowest BCUT2D eigenvalue weighted by Crippen LogP contribution is -2.24. The minimum atomic E-state index is -0.00523. The van der Waals surface area contributed by atoms with E-state index >= 15 is 0 Å². The van der Waals surface area contributed by atoms with Gasteiger partial charge in [0, 0.05) is 0 Å². The van der Waals surface area contributed by atoms with E-state index in [2.05, 4.69) is 17.2 Å². The Bertz CT molecular complexity index is 62.7. The van der Waals surface area contributed by atoms with Crippen LogP contribution in [0.15, 0.2) is 12.5 Å². The lowest BCUT2D eigenvalue weighted by atomic mass is 10.8. The first kappa shape index (κ1) is 6.30. The second-order valence-corrected chi connectivity index (χ2v) is 1.15. The van der Waals surface area contributed by atoms with Crippen molar-refractivity contribution in [3.8, 4) is 0 Å². The highest BCUT2D eigenvalue weighted by Crippen LogP contribution is 1.65. The quantitative estimate of drug-likeness (QED) is 0.341. The molecule has 3 heteroatoms. The molecule has 7 heavy (non-hydrogen) atoms. The monoisotopic (exact) mass is 102 g/mol. The van der Waals surface area contributed by atoms with Crippen molar-refractivity contribution in [3.63, 3.8) is 0 Å². The van der Waals surface area contributed by atoms with E-state index in [1.807, 2.05) is 0 Å². The van der Waals surface area contributed by atoms with Crippen LogP contribution in [-0.2, 0) is 0 Å². The van der Waals surface area contributed by atoms with Crippen LogP contribution in [0.4, 0.5) is 0 Å². The largest absolute Gasteiger partial charge is 0.495 e. The summed E-state index contributed by atoms with van der Waals surface area (Å²) in [6.45, 7) is 3.75. The van der Waals surface area contributed by atoms with Gasteiger partial charge in [-0.25, -0.2) is 0 Å².